The monoisotopic (exact) mass is 314 g/mol. The summed E-state index contributed by atoms with van der Waals surface area (Å²) < 4.78 is 6.25. The van der Waals surface area contributed by atoms with Crippen LogP contribution < -0.4 is 4.90 Å². The van der Waals surface area contributed by atoms with E-state index in [1.54, 1.807) is 17.2 Å². The van der Waals surface area contributed by atoms with Gasteiger partial charge in [0.1, 0.15) is 11.4 Å². The van der Waals surface area contributed by atoms with Crippen LogP contribution in [0, 0.1) is 0 Å². The summed E-state index contributed by atoms with van der Waals surface area (Å²) in [5, 5.41) is 0. The summed E-state index contributed by atoms with van der Waals surface area (Å²) >= 11 is 3.32. The number of nitrogens with zero attached hydrogens (tertiary/aromatic N) is 2. The van der Waals surface area contributed by atoms with Crippen LogP contribution in [0.2, 0.25) is 0 Å². The number of carbonyl (C=O) groups excluding carboxylic acids is 1. The summed E-state index contributed by atoms with van der Waals surface area (Å²) in [6, 6.07) is 3.65. The highest BCUT2D eigenvalue weighted by atomic mass is 79.9. The fourth-order valence-electron chi connectivity index (χ4n) is 1.37. The van der Waals surface area contributed by atoms with Crippen LogP contribution in [0.1, 0.15) is 34.1 Å². The molecule has 0 radical (unpaired) electrons. The van der Waals surface area contributed by atoms with Gasteiger partial charge >= 0.3 is 6.09 Å². The summed E-state index contributed by atoms with van der Waals surface area (Å²) in [4.78, 5) is 17.9. The predicted molar refractivity (Wildman–Crippen MR) is 75.8 cm³/mol. The molecule has 5 heteroatoms. The lowest BCUT2D eigenvalue weighted by atomic mass is 10.2. The maximum absolute atomic E-state index is 12.1. The Balaban J connectivity index is 2.88. The lowest BCUT2D eigenvalue weighted by Gasteiger charge is -2.26. The van der Waals surface area contributed by atoms with Crippen molar-refractivity contribution in [3.63, 3.8) is 0 Å². The molecule has 0 saturated carbocycles. The number of ether oxygens (including phenoxy) is 1. The van der Waals surface area contributed by atoms with Crippen molar-refractivity contribution in [2.24, 2.45) is 0 Å². The van der Waals surface area contributed by atoms with Gasteiger partial charge in [-0.05, 0) is 55.3 Å². The lowest BCUT2D eigenvalue weighted by molar-refractivity contribution is 0.0579. The SMILES string of the molecule is CCCN(C(=O)OC(C)(C)C)c1ccc(Br)cn1. The number of aromatic nitrogens is 1. The summed E-state index contributed by atoms with van der Waals surface area (Å²) in [5.74, 6) is 0.606. The number of carbonyl (C=O) groups is 1. The van der Waals surface area contributed by atoms with E-state index in [0.29, 0.717) is 12.4 Å². The number of amides is 1. The van der Waals surface area contributed by atoms with Gasteiger partial charge < -0.3 is 4.74 Å². The average molecular weight is 315 g/mol. The van der Waals surface area contributed by atoms with Crippen LogP contribution in [0.5, 0.6) is 0 Å². The molecule has 100 valence electrons. The molecule has 1 aromatic heterocycles. The van der Waals surface area contributed by atoms with Crippen LogP contribution >= 0.6 is 15.9 Å². The van der Waals surface area contributed by atoms with Gasteiger partial charge in [-0.25, -0.2) is 9.78 Å². The van der Waals surface area contributed by atoms with E-state index in [1.165, 1.54) is 0 Å². The first-order chi connectivity index (χ1) is 8.33. The van der Waals surface area contributed by atoms with Crippen molar-refractivity contribution >= 4 is 27.8 Å². The zero-order valence-electron chi connectivity index (χ0n) is 11.2. The fraction of sp³-hybridized carbons (Fsp3) is 0.538. The van der Waals surface area contributed by atoms with Gasteiger partial charge in [0, 0.05) is 17.2 Å². The Morgan fingerprint density at radius 3 is 2.56 bits per heavy atom. The molecular weight excluding hydrogens is 296 g/mol. The van der Waals surface area contributed by atoms with Crippen molar-refractivity contribution in [2.75, 3.05) is 11.4 Å². The van der Waals surface area contributed by atoms with Crippen LogP contribution in [0.25, 0.3) is 0 Å². The van der Waals surface area contributed by atoms with Gasteiger partial charge in [-0.15, -0.1) is 0 Å². The lowest BCUT2D eigenvalue weighted by Crippen LogP contribution is -2.37. The van der Waals surface area contributed by atoms with E-state index in [9.17, 15) is 4.79 Å². The van der Waals surface area contributed by atoms with E-state index in [1.807, 2.05) is 33.8 Å². The Morgan fingerprint density at radius 2 is 2.11 bits per heavy atom. The van der Waals surface area contributed by atoms with E-state index < -0.39 is 5.60 Å². The van der Waals surface area contributed by atoms with Gasteiger partial charge in [0.25, 0.3) is 0 Å². The van der Waals surface area contributed by atoms with Crippen molar-refractivity contribution < 1.29 is 9.53 Å². The number of halogens is 1. The zero-order valence-corrected chi connectivity index (χ0v) is 12.8. The smallest absolute Gasteiger partial charge is 0.416 e. The first kappa shape index (κ1) is 15.0. The van der Waals surface area contributed by atoms with Crippen LogP contribution in [0.3, 0.4) is 0 Å². The number of anilines is 1. The summed E-state index contributed by atoms with van der Waals surface area (Å²) in [7, 11) is 0. The molecule has 0 bridgehead atoms. The van der Waals surface area contributed by atoms with Gasteiger partial charge in [-0.3, -0.25) is 4.90 Å². The second-order valence-corrected chi connectivity index (χ2v) is 5.88. The van der Waals surface area contributed by atoms with Crippen LogP contribution in [0.4, 0.5) is 10.6 Å². The van der Waals surface area contributed by atoms with Gasteiger partial charge in [0.2, 0.25) is 0 Å². The summed E-state index contributed by atoms with van der Waals surface area (Å²) in [6.45, 7) is 8.15. The molecule has 0 aliphatic heterocycles. The molecule has 0 saturated heterocycles. The summed E-state index contributed by atoms with van der Waals surface area (Å²) in [6.07, 6.45) is 2.15. The van der Waals surface area contributed by atoms with Crippen molar-refractivity contribution in [2.45, 2.75) is 39.7 Å². The second-order valence-electron chi connectivity index (χ2n) is 4.97. The van der Waals surface area contributed by atoms with E-state index in [-0.39, 0.29) is 6.09 Å². The molecule has 0 aromatic carbocycles. The number of hydrogen-bond acceptors (Lipinski definition) is 3. The minimum atomic E-state index is -0.502. The highest BCUT2D eigenvalue weighted by molar-refractivity contribution is 9.10. The molecular formula is C13H19BrN2O2. The quantitative estimate of drug-likeness (QED) is 0.847. The number of pyridine rings is 1. The molecule has 1 amide bonds. The molecule has 1 heterocycles. The highest BCUT2D eigenvalue weighted by Crippen LogP contribution is 2.18. The average Bonchev–Trinajstić information content (AvgIpc) is 2.25. The Labute approximate surface area is 116 Å². The standard InChI is InChI=1S/C13H19BrN2O2/c1-5-8-16(12(17)18-13(2,3)4)11-7-6-10(14)9-15-11/h6-7,9H,5,8H2,1-4H3. The molecule has 0 spiro atoms. The molecule has 18 heavy (non-hydrogen) atoms. The van der Waals surface area contributed by atoms with E-state index >= 15 is 0 Å². The fourth-order valence-corrected chi connectivity index (χ4v) is 1.60. The summed E-state index contributed by atoms with van der Waals surface area (Å²) in [5.41, 5.74) is -0.502. The third-order valence-corrected chi connectivity index (χ3v) is 2.52. The minimum absolute atomic E-state index is 0.362. The van der Waals surface area contributed by atoms with Gasteiger partial charge in [0.15, 0.2) is 0 Å². The maximum Gasteiger partial charge on any atom is 0.416 e. The highest BCUT2D eigenvalue weighted by Gasteiger charge is 2.23. The van der Waals surface area contributed by atoms with Crippen LogP contribution in [-0.4, -0.2) is 23.2 Å². The molecule has 0 fully saturated rings. The Morgan fingerprint density at radius 1 is 1.44 bits per heavy atom. The zero-order chi connectivity index (χ0) is 13.8. The number of rotatable bonds is 3. The minimum Gasteiger partial charge on any atom is -0.443 e. The first-order valence-corrected chi connectivity index (χ1v) is 6.75. The van der Waals surface area contributed by atoms with Gasteiger partial charge in [0.05, 0.1) is 0 Å². The van der Waals surface area contributed by atoms with Crippen LogP contribution in [0.15, 0.2) is 22.8 Å². The van der Waals surface area contributed by atoms with E-state index in [2.05, 4.69) is 20.9 Å². The topological polar surface area (TPSA) is 42.4 Å². The maximum atomic E-state index is 12.1. The van der Waals surface area contributed by atoms with Crippen LogP contribution in [-0.2, 0) is 4.74 Å². The number of hydrogen-bond donors (Lipinski definition) is 0. The van der Waals surface area contributed by atoms with Crippen molar-refractivity contribution in [3.8, 4) is 0 Å². The third kappa shape index (κ3) is 4.64. The molecule has 4 nitrogen and oxygen atoms in total. The molecule has 1 aromatic rings. The predicted octanol–water partition coefficient (Wildman–Crippen LogP) is 4.00. The molecule has 0 unspecified atom stereocenters. The van der Waals surface area contributed by atoms with E-state index in [4.69, 9.17) is 4.74 Å². The largest absolute Gasteiger partial charge is 0.443 e. The first-order valence-electron chi connectivity index (χ1n) is 5.95. The van der Waals surface area contributed by atoms with Crippen molar-refractivity contribution in [1.82, 2.24) is 4.98 Å². The Kier molecular flexibility index (Phi) is 5.14. The Hall–Kier alpha value is -1.10. The third-order valence-electron chi connectivity index (χ3n) is 2.05. The molecule has 0 aliphatic carbocycles. The molecule has 0 atom stereocenters. The normalized spacial score (nSPS) is 11.2. The van der Waals surface area contributed by atoms with E-state index in [0.717, 1.165) is 10.9 Å². The Bertz CT molecular complexity index is 398. The van der Waals surface area contributed by atoms with Gasteiger partial charge in [-0.1, -0.05) is 6.92 Å². The van der Waals surface area contributed by atoms with Crippen molar-refractivity contribution in [1.29, 1.82) is 0 Å². The molecule has 1 rings (SSSR count). The van der Waals surface area contributed by atoms with Crippen molar-refractivity contribution in [3.05, 3.63) is 22.8 Å². The second kappa shape index (κ2) is 6.18. The molecule has 0 N–H and O–H groups in total. The molecule has 0 aliphatic rings. The van der Waals surface area contributed by atoms with Gasteiger partial charge in [-0.2, -0.15) is 0 Å².